The molecule has 96 valence electrons. The minimum absolute atomic E-state index is 0.0985. The molecule has 6 heteroatoms. The van der Waals surface area contributed by atoms with Crippen molar-refractivity contribution in [3.63, 3.8) is 0 Å². The Morgan fingerprint density at radius 2 is 2.28 bits per heavy atom. The Kier molecular flexibility index (Phi) is 3.45. The van der Waals surface area contributed by atoms with E-state index < -0.39 is 5.92 Å². The monoisotopic (exact) mass is 250 g/mol. The molecule has 2 heterocycles. The molecule has 1 atom stereocenters. The quantitative estimate of drug-likeness (QED) is 0.735. The molecule has 2 rings (SSSR count). The Labute approximate surface area is 105 Å². The van der Waals surface area contributed by atoms with Crippen LogP contribution in [0.5, 0.6) is 5.88 Å². The van der Waals surface area contributed by atoms with E-state index in [0.29, 0.717) is 18.1 Å². The summed E-state index contributed by atoms with van der Waals surface area (Å²) < 4.78 is 9.66. The van der Waals surface area contributed by atoms with Crippen LogP contribution in [-0.4, -0.2) is 37.6 Å². The van der Waals surface area contributed by atoms with E-state index in [9.17, 15) is 9.59 Å². The van der Waals surface area contributed by atoms with Crippen molar-refractivity contribution >= 4 is 17.6 Å². The second-order valence-corrected chi connectivity index (χ2v) is 3.98. The predicted octanol–water partition coefficient (Wildman–Crippen LogP) is 0.616. The molecule has 0 N–H and O–H groups in total. The summed E-state index contributed by atoms with van der Waals surface area (Å²) in [7, 11) is 2.83. The topological polar surface area (TPSA) is 68.7 Å². The van der Waals surface area contributed by atoms with Gasteiger partial charge < -0.3 is 14.4 Å². The van der Waals surface area contributed by atoms with Gasteiger partial charge in [-0.2, -0.15) is 0 Å². The maximum atomic E-state index is 11.9. The highest BCUT2D eigenvalue weighted by Gasteiger charge is 2.35. The fourth-order valence-corrected chi connectivity index (χ4v) is 1.96. The molecule has 0 spiro atoms. The van der Waals surface area contributed by atoms with Gasteiger partial charge in [0.1, 0.15) is 0 Å². The van der Waals surface area contributed by atoms with Crippen LogP contribution >= 0.6 is 0 Å². The van der Waals surface area contributed by atoms with Gasteiger partial charge in [0.25, 0.3) is 0 Å². The first kappa shape index (κ1) is 12.3. The summed E-state index contributed by atoms with van der Waals surface area (Å²) in [4.78, 5) is 28.8. The first-order chi connectivity index (χ1) is 8.65. The normalized spacial score (nSPS) is 18.9. The summed E-state index contributed by atoms with van der Waals surface area (Å²) in [5, 5.41) is 0. The van der Waals surface area contributed by atoms with Crippen molar-refractivity contribution in [3.8, 4) is 5.88 Å². The van der Waals surface area contributed by atoms with Crippen LogP contribution in [-0.2, 0) is 14.3 Å². The molecule has 1 saturated heterocycles. The van der Waals surface area contributed by atoms with Crippen LogP contribution in [0.25, 0.3) is 0 Å². The standard InChI is InChI=1S/C12H14N2O4/c1-17-10-6-9(3-4-13-10)14-7-8(5-11(14)15)12(16)18-2/h3-4,6,8H,5,7H2,1-2H3. The van der Waals surface area contributed by atoms with Crippen LogP contribution in [0.1, 0.15) is 6.42 Å². The van der Waals surface area contributed by atoms with Gasteiger partial charge in [-0.05, 0) is 6.07 Å². The molecular weight excluding hydrogens is 236 g/mol. The van der Waals surface area contributed by atoms with Gasteiger partial charge in [0.15, 0.2) is 0 Å². The molecule has 1 fully saturated rings. The van der Waals surface area contributed by atoms with E-state index in [-0.39, 0.29) is 18.3 Å². The average molecular weight is 250 g/mol. The van der Waals surface area contributed by atoms with Gasteiger partial charge in [-0.3, -0.25) is 9.59 Å². The van der Waals surface area contributed by atoms with Crippen LogP contribution in [0.4, 0.5) is 5.69 Å². The van der Waals surface area contributed by atoms with Crippen molar-refractivity contribution in [2.75, 3.05) is 25.7 Å². The zero-order valence-corrected chi connectivity index (χ0v) is 10.3. The molecule has 1 aromatic heterocycles. The summed E-state index contributed by atoms with van der Waals surface area (Å²) in [5.41, 5.74) is 0.679. The first-order valence-electron chi connectivity index (χ1n) is 5.54. The van der Waals surface area contributed by atoms with E-state index in [1.54, 1.807) is 23.2 Å². The number of carbonyl (C=O) groups is 2. The fourth-order valence-electron chi connectivity index (χ4n) is 1.96. The molecule has 1 aliphatic heterocycles. The van der Waals surface area contributed by atoms with Crippen LogP contribution in [0.15, 0.2) is 18.3 Å². The number of esters is 1. The van der Waals surface area contributed by atoms with Crippen molar-refractivity contribution in [3.05, 3.63) is 18.3 Å². The third kappa shape index (κ3) is 2.27. The van der Waals surface area contributed by atoms with Crippen LogP contribution in [0, 0.1) is 5.92 Å². The Morgan fingerprint density at radius 1 is 1.50 bits per heavy atom. The third-order valence-electron chi connectivity index (χ3n) is 2.90. The van der Waals surface area contributed by atoms with E-state index in [2.05, 4.69) is 9.72 Å². The Hall–Kier alpha value is -2.11. The minimum atomic E-state index is -0.401. The lowest BCUT2D eigenvalue weighted by Crippen LogP contribution is -2.26. The van der Waals surface area contributed by atoms with Crippen molar-refractivity contribution in [2.24, 2.45) is 5.92 Å². The molecule has 0 radical (unpaired) electrons. The van der Waals surface area contributed by atoms with Crippen LogP contribution in [0.2, 0.25) is 0 Å². The van der Waals surface area contributed by atoms with Gasteiger partial charge in [0.2, 0.25) is 11.8 Å². The molecule has 18 heavy (non-hydrogen) atoms. The summed E-state index contributed by atoms with van der Waals surface area (Å²) in [6.07, 6.45) is 1.74. The molecule has 0 bridgehead atoms. The minimum Gasteiger partial charge on any atom is -0.481 e. The summed E-state index contributed by atoms with van der Waals surface area (Å²) in [5.74, 6) is -0.422. The number of aromatic nitrogens is 1. The predicted molar refractivity (Wildman–Crippen MR) is 63.3 cm³/mol. The van der Waals surface area contributed by atoms with Gasteiger partial charge in [-0.1, -0.05) is 0 Å². The fraction of sp³-hybridized carbons (Fsp3) is 0.417. The lowest BCUT2D eigenvalue weighted by Gasteiger charge is -2.16. The number of ether oxygens (including phenoxy) is 2. The third-order valence-corrected chi connectivity index (χ3v) is 2.90. The molecule has 6 nitrogen and oxygen atoms in total. The summed E-state index contributed by atoms with van der Waals surface area (Å²) in [6.45, 7) is 0.332. The molecule has 1 amide bonds. The second kappa shape index (κ2) is 5.03. The molecule has 0 saturated carbocycles. The van der Waals surface area contributed by atoms with Gasteiger partial charge in [0.05, 0.1) is 25.8 Å². The maximum absolute atomic E-state index is 11.9. The van der Waals surface area contributed by atoms with Gasteiger partial charge >= 0.3 is 5.97 Å². The highest BCUT2D eigenvalue weighted by Crippen LogP contribution is 2.27. The lowest BCUT2D eigenvalue weighted by molar-refractivity contribution is -0.145. The van der Waals surface area contributed by atoms with E-state index in [0.717, 1.165) is 0 Å². The van der Waals surface area contributed by atoms with Gasteiger partial charge in [-0.25, -0.2) is 4.98 Å². The zero-order valence-electron chi connectivity index (χ0n) is 10.3. The molecule has 1 unspecified atom stereocenters. The van der Waals surface area contributed by atoms with Crippen molar-refractivity contribution < 1.29 is 19.1 Å². The molecule has 1 aliphatic rings. The molecular formula is C12H14N2O4. The van der Waals surface area contributed by atoms with Crippen molar-refractivity contribution in [1.29, 1.82) is 0 Å². The van der Waals surface area contributed by atoms with Gasteiger partial charge in [0, 0.05) is 25.2 Å². The number of hydrogen-bond acceptors (Lipinski definition) is 5. The smallest absolute Gasteiger partial charge is 0.311 e. The average Bonchev–Trinajstić information content (AvgIpc) is 2.80. The van der Waals surface area contributed by atoms with E-state index in [4.69, 9.17) is 4.74 Å². The van der Waals surface area contributed by atoms with E-state index in [1.807, 2.05) is 0 Å². The molecule has 0 aliphatic carbocycles. The number of anilines is 1. The number of nitrogens with zero attached hydrogens (tertiary/aromatic N) is 2. The summed E-state index contributed by atoms with van der Waals surface area (Å²) >= 11 is 0. The van der Waals surface area contributed by atoms with Crippen molar-refractivity contribution in [1.82, 2.24) is 4.98 Å². The Morgan fingerprint density at radius 3 is 2.94 bits per heavy atom. The number of pyridine rings is 1. The van der Waals surface area contributed by atoms with Crippen LogP contribution < -0.4 is 9.64 Å². The first-order valence-corrected chi connectivity index (χ1v) is 5.54. The highest BCUT2D eigenvalue weighted by atomic mass is 16.5. The van der Waals surface area contributed by atoms with Crippen molar-refractivity contribution in [2.45, 2.75) is 6.42 Å². The molecule has 1 aromatic rings. The highest BCUT2D eigenvalue weighted by molar-refractivity contribution is 5.99. The molecule has 0 aromatic carbocycles. The Bertz CT molecular complexity index is 475. The number of hydrogen-bond donors (Lipinski definition) is 0. The van der Waals surface area contributed by atoms with Gasteiger partial charge in [-0.15, -0.1) is 0 Å². The number of carbonyl (C=O) groups excluding carboxylic acids is 2. The SMILES string of the molecule is COC(=O)C1CC(=O)N(c2ccnc(OC)c2)C1. The maximum Gasteiger partial charge on any atom is 0.311 e. The summed E-state index contributed by atoms with van der Waals surface area (Å²) in [6, 6.07) is 3.37. The van der Waals surface area contributed by atoms with Crippen LogP contribution in [0.3, 0.4) is 0 Å². The zero-order chi connectivity index (χ0) is 13.1. The number of methoxy groups -OCH3 is 2. The van der Waals surface area contributed by atoms with E-state index in [1.165, 1.54) is 14.2 Å². The largest absolute Gasteiger partial charge is 0.481 e. The number of amides is 1. The second-order valence-electron chi connectivity index (χ2n) is 3.98. The lowest BCUT2D eigenvalue weighted by atomic mass is 10.1. The number of rotatable bonds is 3. The van der Waals surface area contributed by atoms with E-state index >= 15 is 0 Å². The Balaban J connectivity index is 2.18.